The molecule has 1 N–H and O–H groups in total. The van der Waals surface area contributed by atoms with Crippen molar-refractivity contribution in [2.45, 2.75) is 129 Å². The summed E-state index contributed by atoms with van der Waals surface area (Å²) in [6.07, 6.45) is 23.2. The van der Waals surface area contributed by atoms with Crippen molar-refractivity contribution in [3.8, 4) is 5.75 Å². The number of fused-ring (bicyclic) bond motifs is 1. The number of benzene rings is 2. The Morgan fingerprint density at radius 1 is 0.756 bits per heavy atom. The van der Waals surface area contributed by atoms with Crippen molar-refractivity contribution in [3.05, 3.63) is 59.9 Å². The quantitative estimate of drug-likeness (QED) is 0.117. The lowest BCUT2D eigenvalue weighted by atomic mass is 10.0. The minimum atomic E-state index is 0.0376. The third-order valence-corrected chi connectivity index (χ3v) is 8.16. The lowest BCUT2D eigenvalue weighted by Crippen LogP contribution is -2.28. The molecule has 3 aromatic rings. The summed E-state index contributed by atoms with van der Waals surface area (Å²) < 4.78 is 7.57. The normalized spacial score (nSPS) is 11.3. The second kappa shape index (κ2) is 20.1. The van der Waals surface area contributed by atoms with E-state index >= 15 is 0 Å². The van der Waals surface area contributed by atoms with Crippen molar-refractivity contribution in [1.82, 2.24) is 14.9 Å². The summed E-state index contributed by atoms with van der Waals surface area (Å²) in [4.78, 5) is 17.4. The predicted molar refractivity (Wildman–Crippen MR) is 173 cm³/mol. The summed E-state index contributed by atoms with van der Waals surface area (Å²) in [5.41, 5.74) is 3.23. The van der Waals surface area contributed by atoms with Crippen LogP contribution < -0.4 is 10.1 Å². The number of rotatable bonds is 23. The van der Waals surface area contributed by atoms with Gasteiger partial charge in [-0.25, -0.2) is 4.98 Å². The van der Waals surface area contributed by atoms with Crippen molar-refractivity contribution in [2.75, 3.05) is 13.7 Å². The molecule has 0 aliphatic carbocycles. The molecule has 0 spiro atoms. The first-order valence-corrected chi connectivity index (χ1v) is 16.5. The van der Waals surface area contributed by atoms with E-state index in [4.69, 9.17) is 9.72 Å². The number of hydrogen-bond donors (Lipinski definition) is 1. The van der Waals surface area contributed by atoms with Crippen molar-refractivity contribution in [3.63, 3.8) is 0 Å². The van der Waals surface area contributed by atoms with Crippen LogP contribution in [0, 0.1) is 0 Å². The zero-order chi connectivity index (χ0) is 29.0. The van der Waals surface area contributed by atoms with Crippen molar-refractivity contribution >= 4 is 16.9 Å². The maximum Gasteiger partial charge on any atom is 0.224 e. The van der Waals surface area contributed by atoms with Gasteiger partial charge in [-0.15, -0.1) is 0 Å². The molecule has 0 aliphatic rings. The fourth-order valence-corrected chi connectivity index (χ4v) is 5.69. The molecule has 0 unspecified atom stereocenters. The lowest BCUT2D eigenvalue weighted by molar-refractivity contribution is -0.120. The summed E-state index contributed by atoms with van der Waals surface area (Å²) >= 11 is 0. The number of carbonyl (C=O) groups excluding carboxylic acids is 1. The molecule has 0 bridgehead atoms. The van der Waals surface area contributed by atoms with Gasteiger partial charge in [0, 0.05) is 19.5 Å². The number of ether oxygens (including phenoxy) is 1. The van der Waals surface area contributed by atoms with Crippen LogP contribution in [0.3, 0.4) is 0 Å². The van der Waals surface area contributed by atoms with Crippen molar-refractivity contribution < 1.29 is 9.53 Å². The molecule has 5 nitrogen and oxygen atoms in total. The van der Waals surface area contributed by atoms with Gasteiger partial charge in [-0.3, -0.25) is 4.79 Å². The van der Waals surface area contributed by atoms with E-state index in [-0.39, 0.29) is 5.91 Å². The highest BCUT2D eigenvalue weighted by Gasteiger charge is 2.11. The van der Waals surface area contributed by atoms with E-state index in [1.54, 1.807) is 7.11 Å². The molecule has 0 fully saturated rings. The average molecular weight is 562 g/mol. The van der Waals surface area contributed by atoms with Crippen LogP contribution in [0.4, 0.5) is 0 Å². The number of amides is 1. The van der Waals surface area contributed by atoms with Gasteiger partial charge in [0.15, 0.2) is 0 Å². The highest BCUT2D eigenvalue weighted by Crippen LogP contribution is 2.19. The predicted octanol–water partition coefficient (Wildman–Crippen LogP) is 9.21. The largest absolute Gasteiger partial charge is 0.497 e. The fourth-order valence-electron chi connectivity index (χ4n) is 5.69. The molecule has 1 amide bonds. The van der Waals surface area contributed by atoms with Crippen LogP contribution in [0.5, 0.6) is 5.75 Å². The van der Waals surface area contributed by atoms with E-state index in [0.29, 0.717) is 13.0 Å². The first-order chi connectivity index (χ1) is 20.2. The number of imidazole rings is 1. The monoisotopic (exact) mass is 561 g/mol. The second-order valence-electron chi connectivity index (χ2n) is 11.6. The molecular formula is C36H55N3O2. The molecule has 2 aromatic carbocycles. The summed E-state index contributed by atoms with van der Waals surface area (Å²) in [6, 6.07) is 16.1. The summed E-state index contributed by atoms with van der Waals surface area (Å²) in [5.74, 6) is 1.91. The van der Waals surface area contributed by atoms with E-state index in [0.717, 1.165) is 35.6 Å². The van der Waals surface area contributed by atoms with Crippen LogP contribution >= 0.6 is 0 Å². The molecule has 3 rings (SSSR count). The molecule has 0 atom stereocenters. The van der Waals surface area contributed by atoms with Crippen molar-refractivity contribution in [1.29, 1.82) is 0 Å². The van der Waals surface area contributed by atoms with Crippen LogP contribution in [0.1, 0.15) is 121 Å². The molecule has 0 saturated carbocycles. The van der Waals surface area contributed by atoms with Crippen LogP contribution in [0.2, 0.25) is 0 Å². The molecule has 1 heterocycles. The van der Waals surface area contributed by atoms with E-state index in [1.165, 1.54) is 108 Å². The lowest BCUT2D eigenvalue weighted by Gasteiger charge is -2.10. The van der Waals surface area contributed by atoms with Gasteiger partial charge in [0.25, 0.3) is 0 Å². The Morgan fingerprint density at radius 2 is 1.32 bits per heavy atom. The first-order valence-electron chi connectivity index (χ1n) is 16.5. The Labute approximate surface area is 249 Å². The van der Waals surface area contributed by atoms with Crippen LogP contribution in [-0.4, -0.2) is 29.1 Å². The molecule has 0 radical (unpaired) electrons. The third-order valence-electron chi connectivity index (χ3n) is 8.16. The highest BCUT2D eigenvalue weighted by molar-refractivity contribution is 5.78. The summed E-state index contributed by atoms with van der Waals surface area (Å²) in [7, 11) is 1.65. The standard InChI is InChI=1S/C36H55N3O2/c1-3-4-5-6-7-8-9-10-11-12-13-14-15-16-17-20-29-39-34-22-19-18-21-33(34)38-35(39)27-28-37-36(40)30-31-23-25-32(41-2)26-24-31/h18-19,21-26H,3-17,20,27-30H2,1-2H3,(H,37,40). The molecule has 5 heteroatoms. The zero-order valence-electron chi connectivity index (χ0n) is 26.0. The van der Waals surface area contributed by atoms with Gasteiger partial charge in [-0.05, 0) is 36.2 Å². The van der Waals surface area contributed by atoms with Gasteiger partial charge >= 0.3 is 0 Å². The number of hydrogen-bond acceptors (Lipinski definition) is 3. The minimum Gasteiger partial charge on any atom is -0.497 e. The van der Waals surface area contributed by atoms with E-state index in [2.05, 4.69) is 41.1 Å². The topological polar surface area (TPSA) is 56.2 Å². The third kappa shape index (κ3) is 12.7. The molecule has 226 valence electrons. The van der Waals surface area contributed by atoms with E-state index < -0.39 is 0 Å². The van der Waals surface area contributed by atoms with E-state index in [9.17, 15) is 4.79 Å². The van der Waals surface area contributed by atoms with Gasteiger partial charge in [0.2, 0.25) is 5.91 Å². The Balaban J connectivity index is 1.28. The van der Waals surface area contributed by atoms with Crippen LogP contribution in [0.15, 0.2) is 48.5 Å². The Morgan fingerprint density at radius 3 is 1.90 bits per heavy atom. The van der Waals surface area contributed by atoms with Gasteiger partial charge in [-0.1, -0.05) is 128 Å². The molecule has 0 aliphatic heterocycles. The van der Waals surface area contributed by atoms with E-state index in [1.807, 2.05) is 24.3 Å². The van der Waals surface area contributed by atoms with Gasteiger partial charge in [0.05, 0.1) is 24.6 Å². The molecule has 1 aromatic heterocycles. The number of methoxy groups -OCH3 is 1. The maximum atomic E-state index is 12.5. The number of para-hydroxylation sites is 2. The molecule has 0 saturated heterocycles. The summed E-state index contributed by atoms with van der Waals surface area (Å²) in [5, 5.41) is 3.08. The summed E-state index contributed by atoms with van der Waals surface area (Å²) in [6.45, 7) is 3.88. The highest BCUT2D eigenvalue weighted by atomic mass is 16.5. The van der Waals surface area contributed by atoms with Crippen LogP contribution in [-0.2, 0) is 24.2 Å². The van der Waals surface area contributed by atoms with Gasteiger partial charge in [-0.2, -0.15) is 0 Å². The number of nitrogens with zero attached hydrogens (tertiary/aromatic N) is 2. The van der Waals surface area contributed by atoms with Gasteiger partial charge < -0.3 is 14.6 Å². The van der Waals surface area contributed by atoms with Crippen molar-refractivity contribution in [2.24, 2.45) is 0 Å². The maximum absolute atomic E-state index is 12.5. The second-order valence-corrected chi connectivity index (χ2v) is 11.6. The Bertz CT molecular complexity index is 1110. The average Bonchev–Trinajstić information content (AvgIpc) is 3.34. The number of aromatic nitrogens is 2. The fraction of sp³-hybridized carbons (Fsp3) is 0.611. The first kappa shape index (κ1) is 32.7. The minimum absolute atomic E-state index is 0.0376. The Kier molecular flexibility index (Phi) is 16.0. The molecular weight excluding hydrogens is 506 g/mol. The SMILES string of the molecule is CCCCCCCCCCCCCCCCCCn1c(CCNC(=O)Cc2ccc(OC)cc2)nc2ccccc21. The number of aryl methyl sites for hydroxylation is 1. The Hall–Kier alpha value is -2.82. The smallest absolute Gasteiger partial charge is 0.224 e. The molecule has 41 heavy (non-hydrogen) atoms. The number of carbonyl (C=O) groups is 1. The number of unbranched alkanes of at least 4 members (excludes halogenated alkanes) is 15. The van der Waals surface area contributed by atoms with Gasteiger partial charge in [0.1, 0.15) is 11.6 Å². The number of nitrogens with one attached hydrogen (secondary N) is 1. The van der Waals surface area contributed by atoms with Crippen LogP contribution in [0.25, 0.3) is 11.0 Å². The zero-order valence-corrected chi connectivity index (χ0v) is 26.0.